The molecule has 0 atom stereocenters. The van der Waals surface area contributed by atoms with Gasteiger partial charge in [-0.05, 0) is 13.1 Å². The summed E-state index contributed by atoms with van der Waals surface area (Å²) < 4.78 is 41.5. The fourth-order valence-electron chi connectivity index (χ4n) is 2.66. The number of hydrogen-bond acceptors (Lipinski definition) is 3. The molecule has 0 bridgehead atoms. The van der Waals surface area contributed by atoms with Crippen LogP contribution in [0.1, 0.15) is 11.3 Å². The van der Waals surface area contributed by atoms with Crippen LogP contribution in [-0.2, 0) is 13.0 Å². The molecule has 2 N–H and O–H groups in total. The fraction of sp³-hybridized carbons (Fsp3) is 0.286. The van der Waals surface area contributed by atoms with Crippen LogP contribution in [0.25, 0.3) is 11.3 Å². The Balaban J connectivity index is 2.23. The molecule has 2 aromatic rings. The Kier molecular flexibility index (Phi) is 3.40. The Hall–Kier alpha value is -2.35. The normalized spacial score (nSPS) is 14.9. The maximum atomic E-state index is 14.0. The molecule has 0 unspecified atom stereocenters. The van der Waals surface area contributed by atoms with Crippen molar-refractivity contribution in [3.63, 3.8) is 0 Å². The molecule has 3 rings (SSSR count). The lowest BCUT2D eigenvalue weighted by Crippen LogP contribution is -2.30. The molecule has 116 valence electrons. The number of halogens is 3. The van der Waals surface area contributed by atoms with E-state index in [4.69, 9.17) is 5.73 Å². The summed E-state index contributed by atoms with van der Waals surface area (Å²) in [4.78, 5) is 13.4. The number of nitrogens with two attached hydrogens (primary N) is 1. The molecule has 1 aliphatic rings. The van der Waals surface area contributed by atoms with E-state index in [0.29, 0.717) is 36.8 Å². The van der Waals surface area contributed by atoms with E-state index in [-0.39, 0.29) is 11.3 Å². The van der Waals surface area contributed by atoms with E-state index in [1.165, 1.54) is 0 Å². The third-order valence-electron chi connectivity index (χ3n) is 3.72. The monoisotopic (exact) mass is 310 g/mol. The molecule has 5 nitrogen and oxygen atoms in total. The van der Waals surface area contributed by atoms with Crippen LogP contribution in [0, 0.1) is 17.5 Å². The zero-order valence-electron chi connectivity index (χ0n) is 11.7. The highest BCUT2D eigenvalue weighted by Crippen LogP contribution is 2.32. The lowest BCUT2D eigenvalue weighted by Gasteiger charge is -2.23. The predicted octanol–water partition coefficient (Wildman–Crippen LogP) is 1.88. The fourth-order valence-corrected chi connectivity index (χ4v) is 2.66. The SMILES string of the molecule is CN1CCc2c(c(-c3cc(F)c(F)cc3F)nn2C(N)=O)C1. The van der Waals surface area contributed by atoms with Crippen LogP contribution in [0.15, 0.2) is 12.1 Å². The molecule has 8 heteroatoms. The van der Waals surface area contributed by atoms with Gasteiger partial charge in [0.1, 0.15) is 11.5 Å². The van der Waals surface area contributed by atoms with Gasteiger partial charge in [0.25, 0.3) is 0 Å². The van der Waals surface area contributed by atoms with Crippen molar-refractivity contribution in [2.24, 2.45) is 5.73 Å². The van der Waals surface area contributed by atoms with E-state index in [0.717, 1.165) is 10.7 Å². The Morgan fingerprint density at radius 1 is 1.23 bits per heavy atom. The molecular formula is C14H13F3N4O. The lowest BCUT2D eigenvalue weighted by atomic mass is 10.0. The average Bonchev–Trinajstić information content (AvgIpc) is 2.81. The zero-order chi connectivity index (χ0) is 16.0. The first kappa shape index (κ1) is 14.6. The zero-order valence-corrected chi connectivity index (χ0v) is 11.7. The van der Waals surface area contributed by atoms with Gasteiger partial charge in [0.2, 0.25) is 0 Å². The number of nitrogens with zero attached hydrogens (tertiary/aromatic N) is 3. The maximum Gasteiger partial charge on any atom is 0.339 e. The highest BCUT2D eigenvalue weighted by Gasteiger charge is 2.27. The van der Waals surface area contributed by atoms with Gasteiger partial charge < -0.3 is 10.6 Å². The van der Waals surface area contributed by atoms with Crippen LogP contribution in [0.5, 0.6) is 0 Å². The molecule has 2 heterocycles. The van der Waals surface area contributed by atoms with E-state index in [1.54, 1.807) is 0 Å². The summed E-state index contributed by atoms with van der Waals surface area (Å²) >= 11 is 0. The molecule has 0 fully saturated rings. The first-order valence-electron chi connectivity index (χ1n) is 6.62. The molecule has 0 radical (unpaired) electrons. The second-order valence-electron chi connectivity index (χ2n) is 5.26. The van der Waals surface area contributed by atoms with Gasteiger partial charge in [0, 0.05) is 36.7 Å². The number of likely N-dealkylation sites (N-methyl/N-ethyl adjacent to an activating group) is 1. The van der Waals surface area contributed by atoms with Gasteiger partial charge in [-0.3, -0.25) is 0 Å². The first-order valence-corrected chi connectivity index (χ1v) is 6.62. The van der Waals surface area contributed by atoms with E-state index < -0.39 is 23.5 Å². The van der Waals surface area contributed by atoms with Gasteiger partial charge >= 0.3 is 6.03 Å². The quantitative estimate of drug-likeness (QED) is 0.818. The number of benzene rings is 1. The number of amides is 1. The molecule has 0 saturated carbocycles. The Labute approximate surface area is 124 Å². The number of carbonyl (C=O) groups is 1. The summed E-state index contributed by atoms with van der Waals surface area (Å²) in [5.41, 5.74) is 6.36. The highest BCUT2D eigenvalue weighted by molar-refractivity contribution is 5.77. The van der Waals surface area contributed by atoms with Crippen molar-refractivity contribution in [3.05, 3.63) is 40.8 Å². The number of rotatable bonds is 1. The third-order valence-corrected chi connectivity index (χ3v) is 3.72. The largest absolute Gasteiger partial charge is 0.350 e. The topological polar surface area (TPSA) is 64.2 Å². The molecule has 1 amide bonds. The first-order chi connectivity index (χ1) is 10.4. The summed E-state index contributed by atoms with van der Waals surface area (Å²) in [5, 5.41) is 4.01. The highest BCUT2D eigenvalue weighted by atomic mass is 19.2. The summed E-state index contributed by atoms with van der Waals surface area (Å²) in [6, 6.07) is 0.412. The van der Waals surface area contributed by atoms with Gasteiger partial charge in [-0.25, -0.2) is 18.0 Å². The van der Waals surface area contributed by atoms with Gasteiger partial charge in [0.15, 0.2) is 11.6 Å². The van der Waals surface area contributed by atoms with Crippen LogP contribution in [0.4, 0.5) is 18.0 Å². The van der Waals surface area contributed by atoms with Gasteiger partial charge in [-0.2, -0.15) is 9.78 Å². The lowest BCUT2D eigenvalue weighted by molar-refractivity contribution is 0.245. The minimum absolute atomic E-state index is 0.108. The van der Waals surface area contributed by atoms with E-state index >= 15 is 0 Å². The minimum atomic E-state index is -1.28. The second-order valence-corrected chi connectivity index (χ2v) is 5.26. The molecule has 1 aliphatic heterocycles. The molecule has 0 saturated heterocycles. The van der Waals surface area contributed by atoms with Crippen LogP contribution in [-0.4, -0.2) is 34.3 Å². The summed E-state index contributed by atoms with van der Waals surface area (Å²) in [6.07, 6.45) is 0.507. The number of primary amides is 1. The molecule has 1 aromatic heterocycles. The summed E-state index contributed by atoms with van der Waals surface area (Å²) in [5.74, 6) is -3.39. The number of fused-ring (bicyclic) bond motifs is 1. The Morgan fingerprint density at radius 2 is 1.91 bits per heavy atom. The number of hydrogen-bond donors (Lipinski definition) is 1. The van der Waals surface area contributed by atoms with Crippen LogP contribution < -0.4 is 5.73 Å². The Bertz CT molecular complexity index is 772. The molecular weight excluding hydrogens is 297 g/mol. The van der Waals surface area contributed by atoms with Crippen molar-refractivity contribution in [2.45, 2.75) is 13.0 Å². The van der Waals surface area contributed by atoms with Gasteiger partial charge in [0.05, 0.1) is 5.69 Å². The Morgan fingerprint density at radius 3 is 2.59 bits per heavy atom. The van der Waals surface area contributed by atoms with E-state index in [9.17, 15) is 18.0 Å². The van der Waals surface area contributed by atoms with Crippen molar-refractivity contribution in [1.29, 1.82) is 0 Å². The standard InChI is InChI=1S/C14H13F3N4O/c1-20-3-2-12-8(6-20)13(19-21(12)14(18)22)7-4-10(16)11(17)5-9(7)15/h4-5H,2-3,6H2,1H3,(H2,18,22). The van der Waals surface area contributed by atoms with Crippen LogP contribution in [0.2, 0.25) is 0 Å². The smallest absolute Gasteiger partial charge is 0.339 e. The number of aromatic nitrogens is 2. The minimum Gasteiger partial charge on any atom is -0.350 e. The molecule has 0 spiro atoms. The average molecular weight is 310 g/mol. The van der Waals surface area contributed by atoms with Crippen molar-refractivity contribution in [2.75, 3.05) is 13.6 Å². The number of carbonyl (C=O) groups excluding carboxylic acids is 1. The molecule has 22 heavy (non-hydrogen) atoms. The van der Waals surface area contributed by atoms with Crippen molar-refractivity contribution < 1.29 is 18.0 Å². The van der Waals surface area contributed by atoms with Crippen LogP contribution >= 0.6 is 0 Å². The van der Waals surface area contributed by atoms with E-state index in [1.807, 2.05) is 11.9 Å². The van der Waals surface area contributed by atoms with E-state index in [2.05, 4.69) is 5.10 Å². The maximum absolute atomic E-state index is 14.0. The van der Waals surface area contributed by atoms with Gasteiger partial charge in [-0.1, -0.05) is 0 Å². The van der Waals surface area contributed by atoms with Crippen molar-refractivity contribution in [1.82, 2.24) is 14.7 Å². The third kappa shape index (κ3) is 2.25. The molecule has 1 aromatic carbocycles. The van der Waals surface area contributed by atoms with Crippen molar-refractivity contribution >= 4 is 6.03 Å². The predicted molar refractivity (Wildman–Crippen MR) is 72.6 cm³/mol. The van der Waals surface area contributed by atoms with Crippen molar-refractivity contribution in [3.8, 4) is 11.3 Å². The summed E-state index contributed by atoms with van der Waals surface area (Å²) in [6.45, 7) is 1.10. The van der Waals surface area contributed by atoms with Crippen LogP contribution in [0.3, 0.4) is 0 Å². The van der Waals surface area contributed by atoms with Gasteiger partial charge in [-0.15, -0.1) is 0 Å². The second kappa shape index (κ2) is 5.13. The summed E-state index contributed by atoms with van der Waals surface area (Å²) in [7, 11) is 1.86. The molecule has 0 aliphatic carbocycles.